The number of hydrogen-bond donors (Lipinski definition) is 3. The molecule has 0 aliphatic rings. The number of methoxy groups -OCH3 is 1. The molecule has 14 heavy (non-hydrogen) atoms. The Morgan fingerprint density at radius 3 is 2.71 bits per heavy atom. The summed E-state index contributed by atoms with van der Waals surface area (Å²) in [6.45, 7) is 2.12. The van der Waals surface area contributed by atoms with Gasteiger partial charge in [0.15, 0.2) is 0 Å². The number of amides is 1. The SMILES string of the molecule is CCCC(N)C(=O)NC(CO)COC. The molecule has 2 unspecified atom stereocenters. The average molecular weight is 204 g/mol. The fraction of sp³-hybridized carbons (Fsp3) is 0.889. The Kier molecular flexibility index (Phi) is 7.37. The van der Waals surface area contributed by atoms with Crippen LogP contribution in [0.3, 0.4) is 0 Å². The minimum absolute atomic E-state index is 0.140. The highest BCUT2D eigenvalue weighted by Crippen LogP contribution is 1.94. The van der Waals surface area contributed by atoms with Crippen molar-refractivity contribution in [1.29, 1.82) is 0 Å². The quantitative estimate of drug-likeness (QED) is 0.509. The van der Waals surface area contributed by atoms with Gasteiger partial charge in [0.2, 0.25) is 5.91 Å². The van der Waals surface area contributed by atoms with Crippen molar-refractivity contribution in [3.8, 4) is 0 Å². The predicted octanol–water partition coefficient (Wildman–Crippen LogP) is -0.763. The molecule has 0 aromatic carbocycles. The van der Waals surface area contributed by atoms with E-state index in [-0.39, 0.29) is 18.6 Å². The Labute approximate surface area is 84.6 Å². The second-order valence-corrected chi connectivity index (χ2v) is 3.24. The molecule has 1 amide bonds. The van der Waals surface area contributed by atoms with Crippen molar-refractivity contribution in [2.45, 2.75) is 31.8 Å². The molecule has 5 nitrogen and oxygen atoms in total. The summed E-state index contributed by atoms with van der Waals surface area (Å²) in [6, 6.07) is -0.860. The zero-order chi connectivity index (χ0) is 11.0. The second-order valence-electron chi connectivity index (χ2n) is 3.24. The maximum atomic E-state index is 11.4. The standard InChI is InChI=1S/C9H20N2O3/c1-3-4-8(10)9(13)11-7(5-12)6-14-2/h7-8,12H,3-6,10H2,1-2H3,(H,11,13). The van der Waals surface area contributed by atoms with E-state index in [4.69, 9.17) is 15.6 Å². The lowest BCUT2D eigenvalue weighted by molar-refractivity contribution is -0.124. The third kappa shape index (κ3) is 5.16. The summed E-state index contributed by atoms with van der Waals surface area (Å²) in [4.78, 5) is 11.4. The van der Waals surface area contributed by atoms with Gasteiger partial charge in [-0.15, -0.1) is 0 Å². The van der Waals surface area contributed by atoms with E-state index in [1.165, 1.54) is 7.11 Å². The minimum atomic E-state index is -0.495. The van der Waals surface area contributed by atoms with Gasteiger partial charge in [-0.3, -0.25) is 4.79 Å². The minimum Gasteiger partial charge on any atom is -0.394 e. The molecule has 4 N–H and O–H groups in total. The molecule has 2 atom stereocenters. The molecule has 0 spiro atoms. The Bertz CT molecular complexity index is 164. The van der Waals surface area contributed by atoms with E-state index in [1.54, 1.807) is 0 Å². The van der Waals surface area contributed by atoms with Crippen LogP contribution in [0.2, 0.25) is 0 Å². The number of nitrogens with one attached hydrogen (secondary N) is 1. The predicted molar refractivity (Wildman–Crippen MR) is 53.8 cm³/mol. The molecular formula is C9H20N2O3. The van der Waals surface area contributed by atoms with Crippen molar-refractivity contribution in [3.05, 3.63) is 0 Å². The van der Waals surface area contributed by atoms with Crippen LogP contribution in [0.5, 0.6) is 0 Å². The number of aliphatic hydroxyl groups is 1. The lowest BCUT2D eigenvalue weighted by atomic mass is 10.1. The maximum Gasteiger partial charge on any atom is 0.237 e. The fourth-order valence-electron chi connectivity index (χ4n) is 1.09. The summed E-state index contributed by atoms with van der Waals surface area (Å²) in [6.07, 6.45) is 1.51. The van der Waals surface area contributed by atoms with E-state index < -0.39 is 6.04 Å². The van der Waals surface area contributed by atoms with E-state index >= 15 is 0 Å². The maximum absolute atomic E-state index is 11.4. The van der Waals surface area contributed by atoms with E-state index in [2.05, 4.69) is 5.32 Å². The van der Waals surface area contributed by atoms with Gasteiger partial charge in [0.1, 0.15) is 0 Å². The van der Waals surface area contributed by atoms with Crippen LogP contribution in [-0.4, -0.2) is 43.4 Å². The van der Waals surface area contributed by atoms with Gasteiger partial charge in [0, 0.05) is 7.11 Å². The van der Waals surface area contributed by atoms with Crippen LogP contribution in [-0.2, 0) is 9.53 Å². The Morgan fingerprint density at radius 2 is 2.29 bits per heavy atom. The Balaban J connectivity index is 3.88. The van der Waals surface area contributed by atoms with Crippen LogP contribution >= 0.6 is 0 Å². The number of nitrogens with two attached hydrogens (primary N) is 1. The van der Waals surface area contributed by atoms with Crippen molar-refractivity contribution >= 4 is 5.91 Å². The van der Waals surface area contributed by atoms with E-state index in [1.807, 2.05) is 6.92 Å². The first kappa shape index (κ1) is 13.4. The Hall–Kier alpha value is -0.650. The van der Waals surface area contributed by atoms with Crippen molar-refractivity contribution in [2.75, 3.05) is 20.3 Å². The van der Waals surface area contributed by atoms with Crippen LogP contribution in [0.15, 0.2) is 0 Å². The van der Waals surface area contributed by atoms with Crippen molar-refractivity contribution in [2.24, 2.45) is 5.73 Å². The highest BCUT2D eigenvalue weighted by molar-refractivity contribution is 5.81. The smallest absolute Gasteiger partial charge is 0.237 e. The molecule has 0 fully saturated rings. The van der Waals surface area contributed by atoms with Gasteiger partial charge in [0.25, 0.3) is 0 Å². The molecule has 0 saturated heterocycles. The molecule has 0 saturated carbocycles. The lowest BCUT2D eigenvalue weighted by Crippen LogP contribution is -2.48. The second kappa shape index (κ2) is 7.73. The third-order valence-electron chi connectivity index (χ3n) is 1.87. The van der Waals surface area contributed by atoms with Crippen LogP contribution in [0, 0.1) is 0 Å². The van der Waals surface area contributed by atoms with Crippen LogP contribution < -0.4 is 11.1 Å². The number of hydrogen-bond acceptors (Lipinski definition) is 4. The van der Waals surface area contributed by atoms with Crippen molar-refractivity contribution in [1.82, 2.24) is 5.32 Å². The normalized spacial score (nSPS) is 14.9. The molecule has 84 valence electrons. The molecule has 0 radical (unpaired) electrons. The van der Waals surface area contributed by atoms with E-state index in [0.29, 0.717) is 13.0 Å². The highest BCUT2D eigenvalue weighted by Gasteiger charge is 2.16. The number of ether oxygens (including phenoxy) is 1. The molecular weight excluding hydrogens is 184 g/mol. The number of carbonyl (C=O) groups is 1. The van der Waals surface area contributed by atoms with Gasteiger partial charge >= 0.3 is 0 Å². The number of aliphatic hydroxyl groups excluding tert-OH is 1. The molecule has 0 aromatic heterocycles. The van der Waals surface area contributed by atoms with E-state index in [9.17, 15) is 4.79 Å². The summed E-state index contributed by atoms with van der Waals surface area (Å²) >= 11 is 0. The number of carbonyl (C=O) groups excluding carboxylic acids is 1. The third-order valence-corrected chi connectivity index (χ3v) is 1.87. The largest absolute Gasteiger partial charge is 0.394 e. The average Bonchev–Trinajstić information content (AvgIpc) is 2.17. The van der Waals surface area contributed by atoms with Crippen LogP contribution in [0.1, 0.15) is 19.8 Å². The lowest BCUT2D eigenvalue weighted by Gasteiger charge is -2.18. The van der Waals surface area contributed by atoms with Gasteiger partial charge in [-0.1, -0.05) is 13.3 Å². The van der Waals surface area contributed by atoms with Gasteiger partial charge in [-0.25, -0.2) is 0 Å². The summed E-state index contributed by atoms with van der Waals surface area (Å²) < 4.78 is 4.82. The van der Waals surface area contributed by atoms with Gasteiger partial charge in [-0.05, 0) is 6.42 Å². The van der Waals surface area contributed by atoms with Crippen LogP contribution in [0.25, 0.3) is 0 Å². The van der Waals surface area contributed by atoms with Gasteiger partial charge < -0.3 is 20.9 Å². The molecule has 0 aliphatic heterocycles. The fourth-order valence-corrected chi connectivity index (χ4v) is 1.09. The summed E-state index contributed by atoms with van der Waals surface area (Å²) in [5.74, 6) is -0.233. The topological polar surface area (TPSA) is 84.6 Å². The first-order valence-electron chi connectivity index (χ1n) is 4.81. The first-order chi connectivity index (χ1) is 6.65. The molecule has 0 aliphatic carbocycles. The van der Waals surface area contributed by atoms with Crippen LogP contribution in [0.4, 0.5) is 0 Å². The highest BCUT2D eigenvalue weighted by atomic mass is 16.5. The first-order valence-corrected chi connectivity index (χ1v) is 4.81. The van der Waals surface area contributed by atoms with Crippen molar-refractivity contribution in [3.63, 3.8) is 0 Å². The van der Waals surface area contributed by atoms with Gasteiger partial charge in [0.05, 0.1) is 25.3 Å². The van der Waals surface area contributed by atoms with Crippen molar-refractivity contribution < 1.29 is 14.6 Å². The summed E-state index contributed by atoms with van der Waals surface area (Å²) in [5, 5.41) is 11.5. The molecule has 0 aromatic rings. The molecule has 0 heterocycles. The zero-order valence-electron chi connectivity index (χ0n) is 8.82. The molecule has 0 rings (SSSR count). The summed E-state index contributed by atoms with van der Waals surface area (Å²) in [7, 11) is 1.51. The monoisotopic (exact) mass is 204 g/mol. The van der Waals surface area contributed by atoms with E-state index in [0.717, 1.165) is 6.42 Å². The summed E-state index contributed by atoms with van der Waals surface area (Å²) in [5.41, 5.74) is 5.59. The Morgan fingerprint density at radius 1 is 1.64 bits per heavy atom. The van der Waals surface area contributed by atoms with Gasteiger partial charge in [-0.2, -0.15) is 0 Å². The molecule has 0 bridgehead atoms. The molecule has 5 heteroatoms. The zero-order valence-corrected chi connectivity index (χ0v) is 8.82. The number of rotatable bonds is 7.